The van der Waals surface area contributed by atoms with E-state index in [0.29, 0.717) is 17.1 Å². The molecule has 9 nitrogen and oxygen atoms in total. The molecule has 0 radical (unpaired) electrons. The van der Waals surface area contributed by atoms with E-state index in [2.05, 4.69) is 42.0 Å². The number of para-hydroxylation sites is 2. The number of anilines is 2. The van der Waals surface area contributed by atoms with Crippen LogP contribution < -0.4 is 16.0 Å². The minimum atomic E-state index is -1.27. The first-order valence-corrected chi connectivity index (χ1v) is 14.3. The molecular formula is C32H22BrClN6O3. The van der Waals surface area contributed by atoms with Crippen LogP contribution >= 0.6 is 27.5 Å². The summed E-state index contributed by atoms with van der Waals surface area (Å²) in [5.74, 6) is -1.49. The minimum absolute atomic E-state index is 0.0654. The highest BCUT2D eigenvalue weighted by molar-refractivity contribution is 9.10. The summed E-state index contributed by atoms with van der Waals surface area (Å²) in [5.41, 5.74) is 3.39. The SMILES string of the molecule is O=C(Nc1c(Br)c(C(=O)NC2N=C(c3ccccc3)c3ccccc3NC2=O)nn1-c1ccccc1)c1ccccc1Cl. The normalized spacial score (nSPS) is 14.1. The number of halogens is 2. The summed E-state index contributed by atoms with van der Waals surface area (Å²) >= 11 is 9.71. The second-order valence-electron chi connectivity index (χ2n) is 9.45. The predicted molar refractivity (Wildman–Crippen MR) is 169 cm³/mol. The lowest BCUT2D eigenvalue weighted by Gasteiger charge is -2.12. The van der Waals surface area contributed by atoms with E-state index in [1.54, 1.807) is 54.6 Å². The summed E-state index contributed by atoms with van der Waals surface area (Å²) in [5, 5.41) is 13.2. The van der Waals surface area contributed by atoms with Crippen LogP contribution in [-0.4, -0.2) is 39.4 Å². The number of rotatable bonds is 6. The van der Waals surface area contributed by atoms with Gasteiger partial charge in [-0.05, 0) is 46.3 Å². The molecule has 1 aliphatic heterocycles. The van der Waals surface area contributed by atoms with E-state index < -0.39 is 23.9 Å². The average Bonchev–Trinajstić information content (AvgIpc) is 3.28. The maximum atomic E-state index is 13.7. The van der Waals surface area contributed by atoms with Gasteiger partial charge in [0.2, 0.25) is 6.17 Å². The first-order valence-electron chi connectivity index (χ1n) is 13.1. The van der Waals surface area contributed by atoms with Crippen molar-refractivity contribution in [3.05, 3.63) is 141 Å². The van der Waals surface area contributed by atoms with Crippen LogP contribution in [0.4, 0.5) is 11.5 Å². The van der Waals surface area contributed by atoms with Crippen LogP contribution in [-0.2, 0) is 4.79 Å². The highest BCUT2D eigenvalue weighted by atomic mass is 79.9. The summed E-state index contributed by atoms with van der Waals surface area (Å²) in [4.78, 5) is 44.9. The number of benzodiazepines with no additional fused rings is 1. The Bertz CT molecular complexity index is 1890. The fourth-order valence-electron chi connectivity index (χ4n) is 4.60. The second-order valence-corrected chi connectivity index (χ2v) is 10.6. The minimum Gasteiger partial charge on any atom is -0.322 e. The van der Waals surface area contributed by atoms with Crippen molar-refractivity contribution in [1.29, 1.82) is 0 Å². The number of fused-ring (bicyclic) bond motifs is 1. The number of benzene rings is 4. The van der Waals surface area contributed by atoms with Crippen LogP contribution in [0.3, 0.4) is 0 Å². The largest absolute Gasteiger partial charge is 0.322 e. The van der Waals surface area contributed by atoms with Crippen molar-refractivity contribution in [3.63, 3.8) is 0 Å². The quantitative estimate of drug-likeness (QED) is 0.206. The van der Waals surface area contributed by atoms with E-state index in [1.807, 2.05) is 54.6 Å². The van der Waals surface area contributed by atoms with E-state index in [1.165, 1.54) is 4.68 Å². The first-order chi connectivity index (χ1) is 20.9. The van der Waals surface area contributed by atoms with Crippen LogP contribution in [0.1, 0.15) is 32.0 Å². The van der Waals surface area contributed by atoms with E-state index in [4.69, 9.17) is 11.6 Å². The molecule has 2 heterocycles. The molecule has 0 saturated carbocycles. The third kappa shape index (κ3) is 5.70. The van der Waals surface area contributed by atoms with Gasteiger partial charge < -0.3 is 16.0 Å². The fraction of sp³-hybridized carbons (Fsp3) is 0.0312. The molecule has 3 amide bonds. The number of carbonyl (C=O) groups excluding carboxylic acids is 3. The summed E-state index contributed by atoms with van der Waals surface area (Å²) in [6, 6.07) is 32.3. The van der Waals surface area contributed by atoms with E-state index in [9.17, 15) is 14.4 Å². The fourth-order valence-corrected chi connectivity index (χ4v) is 5.35. The Balaban J connectivity index is 1.37. The van der Waals surface area contributed by atoms with Crippen LogP contribution in [0.5, 0.6) is 0 Å². The molecule has 1 atom stereocenters. The average molecular weight is 654 g/mol. The van der Waals surface area contributed by atoms with Gasteiger partial charge in [0.25, 0.3) is 17.7 Å². The highest BCUT2D eigenvalue weighted by Gasteiger charge is 2.30. The Labute approximate surface area is 259 Å². The summed E-state index contributed by atoms with van der Waals surface area (Å²) in [6.45, 7) is 0. The Kier molecular flexibility index (Phi) is 7.86. The number of aromatic nitrogens is 2. The van der Waals surface area contributed by atoms with Crippen molar-refractivity contribution < 1.29 is 14.4 Å². The number of carbonyl (C=O) groups is 3. The van der Waals surface area contributed by atoms with Gasteiger partial charge in [-0.25, -0.2) is 9.67 Å². The molecule has 0 spiro atoms. The van der Waals surface area contributed by atoms with Gasteiger partial charge >= 0.3 is 0 Å². The summed E-state index contributed by atoms with van der Waals surface area (Å²) < 4.78 is 1.63. The number of aliphatic imine (C=N–C) groups is 1. The van der Waals surface area contributed by atoms with Gasteiger partial charge in [0.15, 0.2) is 11.5 Å². The molecule has 0 saturated heterocycles. The maximum absolute atomic E-state index is 13.7. The van der Waals surface area contributed by atoms with Gasteiger partial charge in [-0.1, -0.05) is 90.5 Å². The number of hydrogen-bond acceptors (Lipinski definition) is 5. The zero-order valence-electron chi connectivity index (χ0n) is 22.3. The number of hydrogen-bond donors (Lipinski definition) is 3. The van der Waals surface area contributed by atoms with Crippen LogP contribution in [0.25, 0.3) is 5.69 Å². The molecule has 3 N–H and O–H groups in total. The Hall–Kier alpha value is -5.06. The monoisotopic (exact) mass is 652 g/mol. The van der Waals surface area contributed by atoms with Crippen LogP contribution in [0.2, 0.25) is 5.02 Å². The van der Waals surface area contributed by atoms with Gasteiger partial charge in [-0.3, -0.25) is 14.4 Å². The summed E-state index contributed by atoms with van der Waals surface area (Å²) in [7, 11) is 0. The number of nitrogens with one attached hydrogen (secondary N) is 3. The van der Waals surface area contributed by atoms with Crippen molar-refractivity contribution >= 4 is 62.5 Å². The molecule has 0 bridgehead atoms. The van der Waals surface area contributed by atoms with Gasteiger partial charge in [-0.2, -0.15) is 5.10 Å². The van der Waals surface area contributed by atoms with Crippen molar-refractivity contribution in [2.75, 3.05) is 10.6 Å². The lowest BCUT2D eigenvalue weighted by Crippen LogP contribution is -2.42. The molecule has 1 aliphatic rings. The number of amides is 3. The van der Waals surface area contributed by atoms with Crippen LogP contribution in [0.15, 0.2) is 119 Å². The Morgan fingerprint density at radius 3 is 2.23 bits per heavy atom. The van der Waals surface area contributed by atoms with E-state index in [0.717, 1.165) is 11.1 Å². The zero-order chi connectivity index (χ0) is 29.9. The molecular weight excluding hydrogens is 632 g/mol. The molecule has 1 aromatic heterocycles. The van der Waals surface area contributed by atoms with Crippen molar-refractivity contribution in [3.8, 4) is 5.69 Å². The van der Waals surface area contributed by atoms with Gasteiger partial charge in [-0.15, -0.1) is 0 Å². The maximum Gasteiger partial charge on any atom is 0.275 e. The summed E-state index contributed by atoms with van der Waals surface area (Å²) in [6.07, 6.45) is -1.27. The van der Waals surface area contributed by atoms with Crippen molar-refractivity contribution in [1.82, 2.24) is 15.1 Å². The third-order valence-corrected chi connectivity index (χ3v) is 7.74. The highest BCUT2D eigenvalue weighted by Crippen LogP contribution is 2.31. The lowest BCUT2D eigenvalue weighted by atomic mass is 10.0. The molecule has 0 aliphatic carbocycles. The van der Waals surface area contributed by atoms with Crippen LogP contribution in [0, 0.1) is 0 Å². The second kappa shape index (κ2) is 12.0. The molecule has 43 heavy (non-hydrogen) atoms. The standard InChI is InChI=1S/C32H22BrClN6O3/c33-25-27(39-40(20-13-5-2-6-14-20)29(25)38-30(41)21-15-7-9-17-23(21)34)31(42)37-28-32(43)35-24-18-10-8-16-22(24)26(36-28)19-11-3-1-4-12-19/h1-18,28H,(H,35,43)(H,37,42)(H,38,41). The molecule has 4 aromatic carbocycles. The lowest BCUT2D eigenvalue weighted by molar-refractivity contribution is -0.117. The molecule has 5 aromatic rings. The molecule has 11 heteroatoms. The zero-order valence-corrected chi connectivity index (χ0v) is 24.6. The Morgan fingerprint density at radius 2 is 1.49 bits per heavy atom. The first kappa shape index (κ1) is 28.1. The third-order valence-electron chi connectivity index (χ3n) is 6.66. The van der Waals surface area contributed by atoms with Crippen molar-refractivity contribution in [2.45, 2.75) is 6.17 Å². The number of nitrogens with zero attached hydrogens (tertiary/aromatic N) is 3. The predicted octanol–water partition coefficient (Wildman–Crippen LogP) is 6.09. The van der Waals surface area contributed by atoms with E-state index >= 15 is 0 Å². The molecule has 6 rings (SSSR count). The van der Waals surface area contributed by atoms with Crippen molar-refractivity contribution in [2.24, 2.45) is 4.99 Å². The Morgan fingerprint density at radius 1 is 0.837 bits per heavy atom. The van der Waals surface area contributed by atoms with E-state index in [-0.39, 0.29) is 26.6 Å². The smallest absolute Gasteiger partial charge is 0.275 e. The van der Waals surface area contributed by atoms with Gasteiger partial charge in [0.1, 0.15) is 0 Å². The molecule has 1 unspecified atom stereocenters. The topological polar surface area (TPSA) is 117 Å². The molecule has 0 fully saturated rings. The van der Waals surface area contributed by atoms with Gasteiger partial charge in [0, 0.05) is 11.1 Å². The molecule has 212 valence electrons. The van der Waals surface area contributed by atoms with Gasteiger partial charge in [0.05, 0.1) is 32.1 Å².